The van der Waals surface area contributed by atoms with Crippen molar-refractivity contribution in [2.75, 3.05) is 49.5 Å². The number of benzene rings is 3. The molecule has 0 radical (unpaired) electrons. The van der Waals surface area contributed by atoms with Crippen LogP contribution in [-0.2, 0) is 11.8 Å². The van der Waals surface area contributed by atoms with Crippen molar-refractivity contribution < 1.29 is 28.2 Å². The molecule has 4 fully saturated rings. The highest BCUT2D eigenvalue weighted by molar-refractivity contribution is 7.98. The normalized spacial score (nSPS) is 18.4. The standard InChI is InChI=1S/C32H39FN6O3S.C12H11FN4O2/c1-37(15-16-40)43-36-29-10-8-27(33)30(26(29)20-34)42-24-7-9-28-25(17-24)31(41)39(21-35-28)23-18-32(19-23)11-13-38(14-12-32)22-5-3-2-4-6-22;1-16-9-3-2-7(13)6-8(9)11(15-16)17-5-4-10(18)14-12(17)19/h7-10,17,21-23,36,40H,2-6,11-16,18-19H2,1H3;2-3,6H,4-5H2,1H3,(H,14,18,19). The number of nitriles is 1. The highest BCUT2D eigenvalue weighted by Crippen LogP contribution is 2.54. The third-order valence-corrected chi connectivity index (χ3v) is 13.5. The Morgan fingerprint density at radius 1 is 1.02 bits per heavy atom. The number of aromatic nitrogens is 4. The number of hydrogen-bond acceptors (Lipinski definition) is 12. The summed E-state index contributed by atoms with van der Waals surface area (Å²) in [5.74, 6) is -0.998. The summed E-state index contributed by atoms with van der Waals surface area (Å²) in [6.07, 6.45) is 13.0. The second-order valence-electron chi connectivity index (χ2n) is 16.7. The van der Waals surface area contributed by atoms with E-state index in [0.29, 0.717) is 39.8 Å². The summed E-state index contributed by atoms with van der Waals surface area (Å²) in [6, 6.07) is 14.3. The number of aryl methyl sites for hydroxylation is 1. The first kappa shape index (κ1) is 43.1. The van der Waals surface area contributed by atoms with E-state index in [1.807, 2.05) is 6.07 Å². The maximum absolute atomic E-state index is 14.9. The van der Waals surface area contributed by atoms with E-state index in [1.165, 1.54) is 99.3 Å². The minimum Gasteiger partial charge on any atom is -0.453 e. The third-order valence-electron chi connectivity index (χ3n) is 12.7. The molecular formula is C44H50F2N10O5S. The number of nitrogens with zero attached hydrogens (tertiary/aromatic N) is 8. The molecule has 3 N–H and O–H groups in total. The van der Waals surface area contributed by atoms with Crippen molar-refractivity contribution in [1.82, 2.24) is 33.9 Å². The molecule has 62 heavy (non-hydrogen) atoms. The molecule has 2 saturated carbocycles. The van der Waals surface area contributed by atoms with Gasteiger partial charge in [-0.15, -0.1) is 0 Å². The van der Waals surface area contributed by atoms with E-state index in [2.05, 4.69) is 25.0 Å². The average molecular weight is 869 g/mol. The highest BCUT2D eigenvalue weighted by atomic mass is 32.2. The van der Waals surface area contributed by atoms with Gasteiger partial charge in [0.25, 0.3) is 5.56 Å². The molecule has 2 saturated heterocycles. The largest absolute Gasteiger partial charge is 0.453 e. The Morgan fingerprint density at radius 3 is 2.52 bits per heavy atom. The lowest BCUT2D eigenvalue weighted by atomic mass is 9.60. The van der Waals surface area contributed by atoms with Gasteiger partial charge in [-0.25, -0.2) is 22.9 Å². The Bertz CT molecular complexity index is 2580. The van der Waals surface area contributed by atoms with Crippen molar-refractivity contribution in [1.29, 1.82) is 5.26 Å². The first-order chi connectivity index (χ1) is 30.0. The maximum atomic E-state index is 14.9. The number of ether oxygens (including phenoxy) is 1. The van der Waals surface area contributed by atoms with Crippen LogP contribution in [0.4, 0.5) is 25.1 Å². The van der Waals surface area contributed by atoms with Crippen molar-refractivity contribution in [3.63, 3.8) is 0 Å². The van der Waals surface area contributed by atoms with E-state index in [4.69, 9.17) is 9.84 Å². The summed E-state index contributed by atoms with van der Waals surface area (Å²) < 4.78 is 42.2. The zero-order valence-electron chi connectivity index (χ0n) is 34.8. The van der Waals surface area contributed by atoms with Crippen LogP contribution in [0.1, 0.15) is 75.8 Å². The van der Waals surface area contributed by atoms with Crippen molar-refractivity contribution in [2.45, 2.75) is 76.3 Å². The molecule has 5 aromatic rings. The van der Waals surface area contributed by atoms with Crippen LogP contribution in [0.3, 0.4) is 0 Å². The Morgan fingerprint density at radius 2 is 1.79 bits per heavy atom. The molecule has 0 unspecified atom stereocenters. The summed E-state index contributed by atoms with van der Waals surface area (Å²) >= 11 is 1.17. The van der Waals surface area contributed by atoms with Crippen LogP contribution in [0, 0.1) is 28.4 Å². The summed E-state index contributed by atoms with van der Waals surface area (Å²) in [4.78, 5) is 45.2. The molecule has 4 aliphatic rings. The van der Waals surface area contributed by atoms with E-state index in [9.17, 15) is 28.4 Å². The van der Waals surface area contributed by atoms with Crippen LogP contribution >= 0.6 is 12.1 Å². The van der Waals surface area contributed by atoms with Gasteiger partial charge >= 0.3 is 6.03 Å². The van der Waals surface area contributed by atoms with Gasteiger partial charge in [-0.3, -0.25) is 29.1 Å². The van der Waals surface area contributed by atoms with E-state index in [1.54, 1.807) is 58.2 Å². The molecule has 326 valence electrons. The number of imide groups is 1. The minimum atomic E-state index is -0.686. The molecule has 0 bridgehead atoms. The first-order valence-electron chi connectivity index (χ1n) is 21.1. The highest BCUT2D eigenvalue weighted by Gasteiger charge is 2.47. The van der Waals surface area contributed by atoms with Crippen molar-refractivity contribution in [2.24, 2.45) is 12.5 Å². The lowest BCUT2D eigenvalue weighted by molar-refractivity contribution is -0.120. The van der Waals surface area contributed by atoms with Gasteiger partial charge in [0.2, 0.25) is 5.91 Å². The van der Waals surface area contributed by atoms with Gasteiger partial charge in [0.05, 0.1) is 35.0 Å². The number of amides is 3. The van der Waals surface area contributed by atoms with E-state index >= 15 is 0 Å². The number of fused-ring (bicyclic) bond motifs is 2. The van der Waals surface area contributed by atoms with Crippen LogP contribution < -0.4 is 25.2 Å². The molecule has 2 aliphatic heterocycles. The Hall–Kier alpha value is -5.61. The number of nitrogens with one attached hydrogen (secondary N) is 2. The third kappa shape index (κ3) is 8.98. The van der Waals surface area contributed by atoms with Crippen LogP contribution in [0.15, 0.2) is 59.7 Å². The van der Waals surface area contributed by atoms with Crippen LogP contribution in [0.25, 0.3) is 21.8 Å². The molecule has 2 aromatic heterocycles. The molecule has 0 atom stereocenters. The second kappa shape index (κ2) is 18.4. The fourth-order valence-electron chi connectivity index (χ4n) is 9.26. The van der Waals surface area contributed by atoms with Crippen LogP contribution in [0.2, 0.25) is 0 Å². The molecule has 1 spiro atoms. The SMILES string of the molecule is CN(CCO)SNc1ccc(F)c(Oc2ccc3ncn(C4CC5(CCN(C6CCCCC6)CC5)C4)c(=O)c3c2)c1C#N.Cn1nc(N2CCC(=O)NC2=O)c2cc(F)ccc21. The predicted octanol–water partition coefficient (Wildman–Crippen LogP) is 7.01. The number of halogens is 2. The topological polar surface area (TPSA) is 174 Å². The Kier molecular flexibility index (Phi) is 12.8. The van der Waals surface area contributed by atoms with Gasteiger partial charge in [-0.1, -0.05) is 19.3 Å². The minimum absolute atomic E-state index is 0.00268. The number of urea groups is 1. The fourth-order valence-corrected chi connectivity index (χ4v) is 9.86. The number of hydrogen-bond donors (Lipinski definition) is 3. The second-order valence-corrected chi connectivity index (χ2v) is 17.7. The number of piperidine rings is 1. The van der Waals surface area contributed by atoms with Gasteiger partial charge in [0.15, 0.2) is 17.4 Å². The average Bonchev–Trinajstić information content (AvgIpc) is 3.58. The van der Waals surface area contributed by atoms with Gasteiger partial charge in [-0.2, -0.15) is 10.4 Å². The Balaban J connectivity index is 0.000000231. The smallest absolute Gasteiger partial charge is 0.329 e. The van der Waals surface area contributed by atoms with Crippen molar-refractivity contribution in [3.05, 3.63) is 82.4 Å². The molecule has 18 heteroatoms. The number of anilines is 2. The fraction of sp³-hybridized carbons (Fsp3) is 0.455. The summed E-state index contributed by atoms with van der Waals surface area (Å²) in [5.41, 5.74) is 1.84. The summed E-state index contributed by atoms with van der Waals surface area (Å²) in [6.45, 7) is 2.96. The van der Waals surface area contributed by atoms with Crippen LogP contribution in [-0.4, -0.2) is 91.5 Å². The number of aliphatic hydroxyl groups excluding tert-OH is 1. The lowest BCUT2D eigenvalue weighted by Gasteiger charge is -2.53. The number of likely N-dealkylation sites (tertiary alicyclic amines) is 1. The van der Waals surface area contributed by atoms with E-state index in [0.717, 1.165) is 24.4 Å². The van der Waals surface area contributed by atoms with Gasteiger partial charge in [-0.05, 0) is 113 Å². The Labute approximate surface area is 361 Å². The molecule has 4 heterocycles. The van der Waals surface area contributed by atoms with Crippen molar-refractivity contribution >= 4 is 57.4 Å². The van der Waals surface area contributed by atoms with Crippen LogP contribution in [0.5, 0.6) is 11.5 Å². The molecule has 3 aromatic carbocycles. The number of carbonyl (C=O) groups is 2. The van der Waals surface area contributed by atoms with Gasteiger partial charge < -0.3 is 19.5 Å². The molecule has 15 nitrogen and oxygen atoms in total. The number of aliphatic hydroxyl groups is 1. The number of rotatable bonds is 10. The lowest BCUT2D eigenvalue weighted by Crippen LogP contribution is -2.51. The first-order valence-corrected chi connectivity index (χ1v) is 21.9. The monoisotopic (exact) mass is 868 g/mol. The van der Waals surface area contributed by atoms with E-state index < -0.39 is 17.7 Å². The maximum Gasteiger partial charge on any atom is 0.329 e. The zero-order valence-corrected chi connectivity index (χ0v) is 35.6. The number of carbonyl (C=O) groups excluding carboxylic acids is 2. The molecule has 9 rings (SSSR count). The quantitative estimate of drug-likeness (QED) is 0.123. The zero-order chi connectivity index (χ0) is 43.5. The molecular weight excluding hydrogens is 819 g/mol. The molecule has 2 aliphatic carbocycles. The van der Waals surface area contributed by atoms with Gasteiger partial charge in [0.1, 0.15) is 23.2 Å². The summed E-state index contributed by atoms with van der Waals surface area (Å²) in [5, 5.41) is 26.4. The number of likely N-dealkylation sites (N-methyl/N-ethyl adjacent to an activating group) is 1. The summed E-state index contributed by atoms with van der Waals surface area (Å²) in [7, 11) is 3.50. The van der Waals surface area contributed by atoms with Gasteiger partial charge in [0, 0.05) is 56.2 Å². The van der Waals surface area contributed by atoms with E-state index in [-0.39, 0.29) is 54.1 Å². The predicted molar refractivity (Wildman–Crippen MR) is 233 cm³/mol. The van der Waals surface area contributed by atoms with Crippen molar-refractivity contribution in [3.8, 4) is 17.6 Å². The molecule has 3 amide bonds.